The molecule has 27 heavy (non-hydrogen) atoms. The third-order valence-corrected chi connectivity index (χ3v) is 5.61. The van der Waals surface area contributed by atoms with Gasteiger partial charge in [-0.2, -0.15) is 0 Å². The largest absolute Gasteiger partial charge is 0.374 e. The second kappa shape index (κ2) is 8.73. The summed E-state index contributed by atoms with van der Waals surface area (Å²) >= 11 is 1.35. The van der Waals surface area contributed by atoms with Crippen LogP contribution in [0.5, 0.6) is 0 Å². The Bertz CT molecular complexity index is 812. The fourth-order valence-electron chi connectivity index (χ4n) is 3.13. The lowest BCUT2D eigenvalue weighted by molar-refractivity contribution is -0.131. The molecular formula is C20H24N2O4S. The van der Waals surface area contributed by atoms with E-state index in [1.54, 1.807) is 6.07 Å². The molecule has 1 saturated heterocycles. The van der Waals surface area contributed by atoms with E-state index < -0.39 is 23.9 Å². The zero-order valence-electron chi connectivity index (χ0n) is 15.5. The summed E-state index contributed by atoms with van der Waals surface area (Å²) in [5, 5.41) is 6.60. The van der Waals surface area contributed by atoms with Crippen molar-refractivity contribution in [3.8, 4) is 0 Å². The molecule has 0 saturated carbocycles. The van der Waals surface area contributed by atoms with Crippen LogP contribution in [-0.4, -0.2) is 42.9 Å². The number of imide groups is 1. The number of Topliss-reactive ketones (excluding diaryl/α,β-unsaturated/α-hetero) is 1. The van der Waals surface area contributed by atoms with Crippen molar-refractivity contribution in [3.05, 3.63) is 35.2 Å². The Balaban J connectivity index is 1.69. The van der Waals surface area contributed by atoms with E-state index in [0.717, 1.165) is 10.1 Å². The number of amides is 2. The number of thiophene rings is 1. The fraction of sp³-hybridized carbons (Fsp3) is 0.450. The molecule has 6 nitrogen and oxygen atoms in total. The van der Waals surface area contributed by atoms with Crippen LogP contribution >= 0.6 is 11.3 Å². The van der Waals surface area contributed by atoms with E-state index in [2.05, 4.69) is 10.6 Å². The predicted octanol–water partition coefficient (Wildman–Crippen LogP) is 2.52. The van der Waals surface area contributed by atoms with Gasteiger partial charge in [0.1, 0.15) is 6.61 Å². The number of carbonyl (C=O) groups excluding carboxylic acids is 3. The van der Waals surface area contributed by atoms with Gasteiger partial charge in [-0.05, 0) is 36.3 Å². The van der Waals surface area contributed by atoms with Crippen LogP contribution in [0.15, 0.2) is 30.3 Å². The molecule has 2 amide bonds. The van der Waals surface area contributed by atoms with E-state index in [4.69, 9.17) is 4.74 Å². The molecule has 2 N–H and O–H groups in total. The summed E-state index contributed by atoms with van der Waals surface area (Å²) in [6.07, 6.45) is 1.07. The molecule has 1 fully saturated rings. The SMILES string of the molecule is CC(C)C[C@H](N[C@H]1CCOCC1=O)C(=O)NC(=O)c1cc2ccccc2s1. The Morgan fingerprint density at radius 1 is 1.30 bits per heavy atom. The molecule has 2 atom stereocenters. The summed E-state index contributed by atoms with van der Waals surface area (Å²) < 4.78 is 6.14. The van der Waals surface area contributed by atoms with E-state index in [-0.39, 0.29) is 18.3 Å². The van der Waals surface area contributed by atoms with Gasteiger partial charge >= 0.3 is 0 Å². The van der Waals surface area contributed by atoms with Crippen LogP contribution in [0.25, 0.3) is 10.1 Å². The molecule has 2 aromatic rings. The van der Waals surface area contributed by atoms with Gasteiger partial charge in [-0.3, -0.25) is 25.0 Å². The summed E-state index contributed by atoms with van der Waals surface area (Å²) in [5.74, 6) is -0.623. The lowest BCUT2D eigenvalue weighted by Crippen LogP contribution is -2.54. The van der Waals surface area contributed by atoms with Gasteiger partial charge in [-0.25, -0.2) is 0 Å². The maximum absolute atomic E-state index is 12.7. The zero-order valence-corrected chi connectivity index (χ0v) is 16.3. The summed E-state index contributed by atoms with van der Waals surface area (Å²) in [4.78, 5) is 37.8. The van der Waals surface area contributed by atoms with Crippen molar-refractivity contribution in [2.75, 3.05) is 13.2 Å². The first-order chi connectivity index (χ1) is 12.9. The van der Waals surface area contributed by atoms with Gasteiger partial charge < -0.3 is 4.74 Å². The third kappa shape index (κ3) is 5.00. The first kappa shape index (κ1) is 19.7. The van der Waals surface area contributed by atoms with Crippen LogP contribution in [-0.2, 0) is 14.3 Å². The number of rotatable bonds is 6. The first-order valence-corrected chi connectivity index (χ1v) is 9.96. The highest BCUT2D eigenvalue weighted by molar-refractivity contribution is 7.20. The number of ketones is 1. The standard InChI is InChI=1S/C20H24N2O4S/c1-12(2)9-15(21-14-7-8-26-11-16(14)23)19(24)22-20(25)18-10-13-5-3-4-6-17(13)27-18/h3-6,10,12,14-15,21H,7-9,11H2,1-2H3,(H,22,24,25)/t14-,15-/m0/s1. The van der Waals surface area contributed by atoms with Crippen molar-refractivity contribution >= 4 is 39.0 Å². The fourth-order valence-corrected chi connectivity index (χ4v) is 4.09. The second-order valence-corrected chi connectivity index (χ2v) is 8.26. The summed E-state index contributed by atoms with van der Waals surface area (Å²) in [6.45, 7) is 4.55. The maximum atomic E-state index is 12.7. The molecule has 0 unspecified atom stereocenters. The molecule has 144 valence electrons. The molecule has 1 aromatic carbocycles. The van der Waals surface area contributed by atoms with Gasteiger partial charge in [0.05, 0.1) is 17.0 Å². The van der Waals surface area contributed by atoms with Crippen LogP contribution in [0.2, 0.25) is 0 Å². The molecule has 2 heterocycles. The number of ether oxygens (including phenoxy) is 1. The Kier molecular flexibility index (Phi) is 6.36. The van der Waals surface area contributed by atoms with Gasteiger partial charge in [0.25, 0.3) is 5.91 Å². The van der Waals surface area contributed by atoms with Crippen molar-refractivity contribution in [1.29, 1.82) is 0 Å². The Morgan fingerprint density at radius 3 is 2.78 bits per heavy atom. The first-order valence-electron chi connectivity index (χ1n) is 9.14. The molecule has 0 aliphatic carbocycles. The summed E-state index contributed by atoms with van der Waals surface area (Å²) in [7, 11) is 0. The molecule has 3 rings (SSSR count). The molecular weight excluding hydrogens is 364 g/mol. The van der Waals surface area contributed by atoms with Crippen LogP contribution in [0, 0.1) is 5.92 Å². The summed E-state index contributed by atoms with van der Waals surface area (Å²) in [6, 6.07) is 8.48. The van der Waals surface area contributed by atoms with Crippen LogP contribution in [0.1, 0.15) is 36.4 Å². The van der Waals surface area contributed by atoms with E-state index >= 15 is 0 Å². The Hall–Kier alpha value is -2.09. The number of fused-ring (bicyclic) bond motifs is 1. The minimum Gasteiger partial charge on any atom is -0.374 e. The molecule has 0 spiro atoms. The van der Waals surface area contributed by atoms with Crippen molar-refractivity contribution in [2.45, 2.75) is 38.8 Å². The van der Waals surface area contributed by atoms with E-state index in [0.29, 0.717) is 24.3 Å². The van der Waals surface area contributed by atoms with Gasteiger partial charge in [0, 0.05) is 11.3 Å². The Labute approximate surface area is 162 Å². The zero-order chi connectivity index (χ0) is 19.4. The number of hydrogen-bond donors (Lipinski definition) is 2. The van der Waals surface area contributed by atoms with Gasteiger partial charge in [0.15, 0.2) is 5.78 Å². The van der Waals surface area contributed by atoms with Crippen molar-refractivity contribution in [2.24, 2.45) is 5.92 Å². The quantitative estimate of drug-likeness (QED) is 0.794. The molecule has 1 aliphatic rings. The highest BCUT2D eigenvalue weighted by Gasteiger charge is 2.30. The van der Waals surface area contributed by atoms with Crippen LogP contribution in [0.3, 0.4) is 0 Å². The minimum absolute atomic E-state index is 0.0568. The van der Waals surface area contributed by atoms with Crippen molar-refractivity contribution < 1.29 is 19.1 Å². The van der Waals surface area contributed by atoms with Crippen LogP contribution < -0.4 is 10.6 Å². The maximum Gasteiger partial charge on any atom is 0.267 e. The molecule has 7 heteroatoms. The minimum atomic E-state index is -0.602. The monoisotopic (exact) mass is 388 g/mol. The number of carbonyl (C=O) groups is 3. The lowest BCUT2D eigenvalue weighted by atomic mass is 9.99. The summed E-state index contributed by atoms with van der Waals surface area (Å²) in [5.41, 5.74) is 0. The number of benzene rings is 1. The normalized spacial score (nSPS) is 18.6. The average Bonchev–Trinajstić information content (AvgIpc) is 3.07. The average molecular weight is 388 g/mol. The van der Waals surface area contributed by atoms with Gasteiger partial charge in [0.2, 0.25) is 5.91 Å². The van der Waals surface area contributed by atoms with E-state index in [1.165, 1.54) is 11.3 Å². The number of hydrogen-bond acceptors (Lipinski definition) is 6. The molecule has 1 aliphatic heterocycles. The molecule has 0 radical (unpaired) electrons. The second-order valence-electron chi connectivity index (χ2n) is 7.18. The van der Waals surface area contributed by atoms with Gasteiger partial charge in [-0.1, -0.05) is 32.0 Å². The van der Waals surface area contributed by atoms with Gasteiger partial charge in [-0.15, -0.1) is 11.3 Å². The van der Waals surface area contributed by atoms with Crippen molar-refractivity contribution in [1.82, 2.24) is 10.6 Å². The number of nitrogens with one attached hydrogen (secondary N) is 2. The Morgan fingerprint density at radius 2 is 2.07 bits per heavy atom. The topological polar surface area (TPSA) is 84.5 Å². The lowest BCUT2D eigenvalue weighted by Gasteiger charge is -2.27. The third-order valence-electron chi connectivity index (χ3n) is 4.50. The highest BCUT2D eigenvalue weighted by atomic mass is 32.1. The molecule has 0 bridgehead atoms. The van der Waals surface area contributed by atoms with E-state index in [9.17, 15) is 14.4 Å². The predicted molar refractivity (Wildman–Crippen MR) is 105 cm³/mol. The van der Waals surface area contributed by atoms with E-state index in [1.807, 2.05) is 38.1 Å². The molecule has 1 aromatic heterocycles. The van der Waals surface area contributed by atoms with Crippen LogP contribution in [0.4, 0.5) is 0 Å². The highest BCUT2D eigenvalue weighted by Crippen LogP contribution is 2.25. The smallest absolute Gasteiger partial charge is 0.267 e. The van der Waals surface area contributed by atoms with Crippen molar-refractivity contribution in [3.63, 3.8) is 0 Å².